The Kier molecular flexibility index (Phi) is 4.17. The van der Waals surface area contributed by atoms with Crippen molar-refractivity contribution in [1.29, 1.82) is 0 Å². The number of nitrogens with one attached hydrogen (secondary N) is 1. The molecule has 1 aliphatic heterocycles. The highest BCUT2D eigenvalue weighted by atomic mass is 32.2. The van der Waals surface area contributed by atoms with E-state index in [1.165, 1.54) is 0 Å². The molecule has 106 valence electrons. The van der Waals surface area contributed by atoms with Crippen LogP contribution in [0, 0.1) is 11.6 Å². The highest BCUT2D eigenvalue weighted by molar-refractivity contribution is 7.90. The SMILES string of the molecule is CS(=O)(=O)c1cc(F)c(CN2CCNCC2)cc1F. The lowest BCUT2D eigenvalue weighted by molar-refractivity contribution is 0.230. The first kappa shape index (κ1) is 14.4. The number of hydrogen-bond donors (Lipinski definition) is 1. The van der Waals surface area contributed by atoms with Gasteiger partial charge >= 0.3 is 0 Å². The fourth-order valence-electron chi connectivity index (χ4n) is 2.09. The Morgan fingerprint density at radius 3 is 2.42 bits per heavy atom. The van der Waals surface area contributed by atoms with Crippen LogP contribution in [0.2, 0.25) is 0 Å². The van der Waals surface area contributed by atoms with Gasteiger partial charge in [-0.1, -0.05) is 0 Å². The van der Waals surface area contributed by atoms with E-state index in [4.69, 9.17) is 0 Å². The van der Waals surface area contributed by atoms with Crippen LogP contribution in [0.25, 0.3) is 0 Å². The minimum atomic E-state index is -3.74. The van der Waals surface area contributed by atoms with Gasteiger partial charge in [-0.25, -0.2) is 17.2 Å². The molecule has 4 nitrogen and oxygen atoms in total. The van der Waals surface area contributed by atoms with Gasteiger partial charge in [-0.2, -0.15) is 0 Å². The first-order valence-corrected chi connectivity index (χ1v) is 7.88. The summed E-state index contributed by atoms with van der Waals surface area (Å²) in [6.45, 7) is 3.43. The van der Waals surface area contributed by atoms with Crippen LogP contribution in [-0.4, -0.2) is 45.8 Å². The molecular weight excluding hydrogens is 274 g/mol. The molecule has 0 spiro atoms. The number of piperazine rings is 1. The molecule has 1 aromatic rings. The fraction of sp³-hybridized carbons (Fsp3) is 0.500. The van der Waals surface area contributed by atoms with Crippen molar-refractivity contribution in [3.63, 3.8) is 0 Å². The van der Waals surface area contributed by atoms with Crippen molar-refractivity contribution in [3.05, 3.63) is 29.3 Å². The predicted molar refractivity (Wildman–Crippen MR) is 67.6 cm³/mol. The van der Waals surface area contributed by atoms with Crippen molar-refractivity contribution in [2.24, 2.45) is 0 Å². The van der Waals surface area contributed by atoms with Gasteiger partial charge in [-0.15, -0.1) is 0 Å². The molecule has 0 atom stereocenters. The molecule has 2 rings (SSSR count). The number of rotatable bonds is 3. The zero-order valence-corrected chi connectivity index (χ0v) is 11.4. The first-order valence-electron chi connectivity index (χ1n) is 5.99. The van der Waals surface area contributed by atoms with Crippen molar-refractivity contribution >= 4 is 9.84 Å². The third kappa shape index (κ3) is 3.49. The van der Waals surface area contributed by atoms with E-state index in [0.717, 1.165) is 44.6 Å². The largest absolute Gasteiger partial charge is 0.314 e. The van der Waals surface area contributed by atoms with Gasteiger partial charge in [0.25, 0.3) is 0 Å². The van der Waals surface area contributed by atoms with Crippen molar-refractivity contribution in [2.45, 2.75) is 11.4 Å². The summed E-state index contributed by atoms with van der Waals surface area (Å²) in [5, 5.41) is 3.17. The lowest BCUT2D eigenvalue weighted by atomic mass is 10.2. The molecule has 1 saturated heterocycles. The van der Waals surface area contributed by atoms with Gasteiger partial charge in [0.15, 0.2) is 9.84 Å². The Bertz CT molecular complexity index is 569. The van der Waals surface area contributed by atoms with Gasteiger partial charge in [-0.3, -0.25) is 4.90 Å². The summed E-state index contributed by atoms with van der Waals surface area (Å²) in [6.07, 6.45) is 0.862. The lowest BCUT2D eigenvalue weighted by Gasteiger charge is -2.27. The molecule has 19 heavy (non-hydrogen) atoms. The van der Waals surface area contributed by atoms with E-state index in [1.807, 2.05) is 4.90 Å². The first-order chi connectivity index (χ1) is 8.88. The monoisotopic (exact) mass is 290 g/mol. The van der Waals surface area contributed by atoms with Crippen LogP contribution in [0.5, 0.6) is 0 Å². The summed E-state index contributed by atoms with van der Waals surface area (Å²) in [5.41, 5.74) is 0.187. The fourth-order valence-corrected chi connectivity index (χ4v) is 2.82. The van der Waals surface area contributed by atoms with Crippen LogP contribution in [-0.2, 0) is 16.4 Å². The maximum absolute atomic E-state index is 13.8. The van der Waals surface area contributed by atoms with Crippen molar-refractivity contribution in [3.8, 4) is 0 Å². The van der Waals surface area contributed by atoms with E-state index in [9.17, 15) is 17.2 Å². The van der Waals surface area contributed by atoms with Gasteiger partial charge in [0.05, 0.1) is 0 Å². The third-order valence-electron chi connectivity index (χ3n) is 3.10. The minimum absolute atomic E-state index is 0.187. The molecule has 0 aromatic heterocycles. The number of nitrogens with zero attached hydrogens (tertiary/aromatic N) is 1. The highest BCUT2D eigenvalue weighted by Crippen LogP contribution is 2.20. The van der Waals surface area contributed by atoms with E-state index >= 15 is 0 Å². The molecule has 1 aliphatic rings. The van der Waals surface area contributed by atoms with Crippen LogP contribution in [0.3, 0.4) is 0 Å². The van der Waals surface area contributed by atoms with Gasteiger partial charge in [0.2, 0.25) is 0 Å². The molecule has 7 heteroatoms. The molecule has 0 bridgehead atoms. The molecule has 1 heterocycles. The molecule has 0 radical (unpaired) electrons. The molecule has 0 amide bonds. The standard InChI is InChI=1S/C12H16F2N2O2S/c1-19(17,18)12-7-10(13)9(6-11(12)14)8-16-4-2-15-3-5-16/h6-7,15H,2-5,8H2,1H3. The molecule has 0 unspecified atom stereocenters. The molecule has 0 aliphatic carbocycles. The Morgan fingerprint density at radius 1 is 1.21 bits per heavy atom. The summed E-state index contributed by atoms with van der Waals surface area (Å²) in [4.78, 5) is 1.41. The summed E-state index contributed by atoms with van der Waals surface area (Å²) < 4.78 is 50.1. The summed E-state index contributed by atoms with van der Waals surface area (Å²) >= 11 is 0. The number of hydrogen-bond acceptors (Lipinski definition) is 4. The molecule has 1 fully saturated rings. The number of benzene rings is 1. The van der Waals surface area contributed by atoms with Gasteiger partial charge in [0.1, 0.15) is 16.5 Å². The van der Waals surface area contributed by atoms with E-state index in [1.54, 1.807) is 0 Å². The highest BCUT2D eigenvalue weighted by Gasteiger charge is 2.19. The van der Waals surface area contributed by atoms with Crippen LogP contribution in [0.15, 0.2) is 17.0 Å². The Labute approximate surface area is 111 Å². The van der Waals surface area contributed by atoms with E-state index < -0.39 is 26.4 Å². The van der Waals surface area contributed by atoms with Crippen molar-refractivity contribution in [2.75, 3.05) is 32.4 Å². The maximum Gasteiger partial charge on any atom is 0.178 e. The Balaban J connectivity index is 2.25. The maximum atomic E-state index is 13.8. The minimum Gasteiger partial charge on any atom is -0.314 e. The summed E-state index contributed by atoms with van der Waals surface area (Å²) in [5.74, 6) is -1.57. The zero-order valence-electron chi connectivity index (χ0n) is 10.6. The quantitative estimate of drug-likeness (QED) is 0.893. The predicted octanol–water partition coefficient (Wildman–Crippen LogP) is 0.774. The van der Waals surface area contributed by atoms with Gasteiger partial charge < -0.3 is 5.32 Å². The van der Waals surface area contributed by atoms with Gasteiger partial charge in [0, 0.05) is 44.5 Å². The average Bonchev–Trinajstić information content (AvgIpc) is 2.33. The second kappa shape index (κ2) is 5.52. The third-order valence-corrected chi connectivity index (χ3v) is 4.22. The molecule has 0 saturated carbocycles. The van der Waals surface area contributed by atoms with Crippen molar-refractivity contribution in [1.82, 2.24) is 10.2 Å². The normalized spacial score (nSPS) is 17.6. The van der Waals surface area contributed by atoms with Crippen LogP contribution >= 0.6 is 0 Å². The number of sulfone groups is 1. The Hall–Kier alpha value is -1.05. The molecular formula is C12H16F2N2O2S. The van der Waals surface area contributed by atoms with E-state index in [-0.39, 0.29) is 12.1 Å². The van der Waals surface area contributed by atoms with Crippen LogP contribution in [0.1, 0.15) is 5.56 Å². The zero-order chi connectivity index (χ0) is 14.0. The van der Waals surface area contributed by atoms with E-state index in [0.29, 0.717) is 0 Å². The smallest absolute Gasteiger partial charge is 0.178 e. The van der Waals surface area contributed by atoms with Crippen LogP contribution in [0.4, 0.5) is 8.78 Å². The topological polar surface area (TPSA) is 49.4 Å². The Morgan fingerprint density at radius 2 is 1.84 bits per heavy atom. The van der Waals surface area contributed by atoms with Gasteiger partial charge in [-0.05, 0) is 12.1 Å². The average molecular weight is 290 g/mol. The second-order valence-electron chi connectivity index (χ2n) is 4.67. The second-order valence-corrected chi connectivity index (χ2v) is 6.66. The summed E-state index contributed by atoms with van der Waals surface area (Å²) in [6, 6.07) is 1.75. The van der Waals surface area contributed by atoms with Crippen molar-refractivity contribution < 1.29 is 17.2 Å². The molecule has 1 N–H and O–H groups in total. The summed E-state index contributed by atoms with van der Waals surface area (Å²) in [7, 11) is -3.74. The number of halogens is 2. The van der Waals surface area contributed by atoms with Crippen LogP contribution < -0.4 is 5.32 Å². The molecule has 1 aromatic carbocycles. The van der Waals surface area contributed by atoms with E-state index in [2.05, 4.69) is 5.32 Å². The lowest BCUT2D eigenvalue weighted by Crippen LogP contribution is -2.43.